The number of benzene rings is 1. The summed E-state index contributed by atoms with van der Waals surface area (Å²) < 4.78 is 0. The standard InChI is InChI=1S/C19H27NS/c1-12(2)15-8-9-16(17(11-15)13(3)4)19(20-6)18-10-7-14(5)21-18/h7-13,19-20H,1-6H3. The topological polar surface area (TPSA) is 12.0 Å². The van der Waals surface area contributed by atoms with Crippen molar-refractivity contribution in [3.8, 4) is 0 Å². The number of rotatable bonds is 5. The van der Waals surface area contributed by atoms with Crippen LogP contribution in [0.2, 0.25) is 0 Å². The minimum atomic E-state index is 0.294. The minimum Gasteiger partial charge on any atom is -0.309 e. The van der Waals surface area contributed by atoms with E-state index in [1.54, 1.807) is 0 Å². The first kappa shape index (κ1) is 16.3. The van der Waals surface area contributed by atoms with Crippen molar-refractivity contribution < 1.29 is 0 Å². The van der Waals surface area contributed by atoms with Crippen LogP contribution < -0.4 is 5.32 Å². The van der Waals surface area contributed by atoms with E-state index in [-0.39, 0.29) is 0 Å². The summed E-state index contributed by atoms with van der Waals surface area (Å²) in [5.74, 6) is 1.11. The van der Waals surface area contributed by atoms with Crippen molar-refractivity contribution in [3.63, 3.8) is 0 Å². The summed E-state index contributed by atoms with van der Waals surface area (Å²) in [4.78, 5) is 2.77. The summed E-state index contributed by atoms with van der Waals surface area (Å²) >= 11 is 1.88. The van der Waals surface area contributed by atoms with E-state index in [9.17, 15) is 0 Å². The van der Waals surface area contributed by atoms with Gasteiger partial charge >= 0.3 is 0 Å². The molecular formula is C19H27NS. The highest BCUT2D eigenvalue weighted by Crippen LogP contribution is 2.34. The van der Waals surface area contributed by atoms with Gasteiger partial charge in [0.25, 0.3) is 0 Å². The van der Waals surface area contributed by atoms with E-state index in [4.69, 9.17) is 0 Å². The van der Waals surface area contributed by atoms with Crippen LogP contribution in [0.1, 0.15) is 72.0 Å². The van der Waals surface area contributed by atoms with Crippen LogP contribution in [0.15, 0.2) is 30.3 Å². The van der Waals surface area contributed by atoms with Crippen LogP contribution in [0.5, 0.6) is 0 Å². The van der Waals surface area contributed by atoms with Gasteiger partial charge in [0.15, 0.2) is 0 Å². The van der Waals surface area contributed by atoms with Crippen LogP contribution in [-0.2, 0) is 0 Å². The molecule has 0 saturated carbocycles. The number of nitrogens with one attached hydrogen (secondary N) is 1. The Morgan fingerprint density at radius 1 is 0.905 bits per heavy atom. The average molecular weight is 301 g/mol. The van der Waals surface area contributed by atoms with E-state index >= 15 is 0 Å². The Morgan fingerprint density at radius 3 is 2.10 bits per heavy atom. The molecule has 0 amide bonds. The van der Waals surface area contributed by atoms with Gasteiger partial charge in [0.05, 0.1) is 6.04 Å². The molecule has 114 valence electrons. The lowest BCUT2D eigenvalue weighted by molar-refractivity contribution is 0.682. The van der Waals surface area contributed by atoms with Gasteiger partial charge in [-0.1, -0.05) is 45.9 Å². The lowest BCUT2D eigenvalue weighted by Gasteiger charge is -2.23. The second kappa shape index (κ2) is 6.76. The van der Waals surface area contributed by atoms with Gasteiger partial charge in [-0.2, -0.15) is 0 Å². The molecule has 2 heteroatoms. The smallest absolute Gasteiger partial charge is 0.0671 e. The first-order chi connectivity index (χ1) is 9.93. The van der Waals surface area contributed by atoms with E-state index in [1.165, 1.54) is 26.4 Å². The van der Waals surface area contributed by atoms with E-state index in [1.807, 2.05) is 11.3 Å². The maximum atomic E-state index is 3.50. The summed E-state index contributed by atoms with van der Waals surface area (Å²) in [5.41, 5.74) is 4.31. The van der Waals surface area contributed by atoms with Crippen LogP contribution >= 0.6 is 11.3 Å². The normalized spacial score (nSPS) is 13.1. The molecule has 1 N–H and O–H groups in total. The van der Waals surface area contributed by atoms with Crippen LogP contribution in [-0.4, -0.2) is 7.05 Å². The Morgan fingerprint density at radius 2 is 1.62 bits per heavy atom. The van der Waals surface area contributed by atoms with Crippen molar-refractivity contribution in [1.82, 2.24) is 5.32 Å². The summed E-state index contributed by atoms with van der Waals surface area (Å²) in [6, 6.07) is 11.8. The second-order valence-electron chi connectivity index (χ2n) is 6.37. The van der Waals surface area contributed by atoms with Gasteiger partial charge in [-0.05, 0) is 54.6 Å². The Hall–Kier alpha value is -1.12. The van der Waals surface area contributed by atoms with Gasteiger partial charge in [-0.25, -0.2) is 0 Å². The molecule has 21 heavy (non-hydrogen) atoms. The third kappa shape index (κ3) is 3.56. The summed E-state index contributed by atoms with van der Waals surface area (Å²) in [5, 5.41) is 3.50. The molecule has 1 atom stereocenters. The number of hydrogen-bond donors (Lipinski definition) is 1. The highest BCUT2D eigenvalue weighted by atomic mass is 32.1. The number of hydrogen-bond acceptors (Lipinski definition) is 2. The predicted molar refractivity (Wildman–Crippen MR) is 94.6 cm³/mol. The van der Waals surface area contributed by atoms with Gasteiger partial charge < -0.3 is 5.32 Å². The highest BCUT2D eigenvalue weighted by Gasteiger charge is 2.19. The molecule has 0 spiro atoms. The van der Waals surface area contributed by atoms with Gasteiger partial charge in [-0.15, -0.1) is 11.3 Å². The average Bonchev–Trinajstić information content (AvgIpc) is 2.86. The van der Waals surface area contributed by atoms with Crippen LogP contribution in [0.25, 0.3) is 0 Å². The second-order valence-corrected chi connectivity index (χ2v) is 7.69. The molecule has 0 aliphatic carbocycles. The molecule has 0 bridgehead atoms. The van der Waals surface area contributed by atoms with E-state index < -0.39 is 0 Å². The van der Waals surface area contributed by atoms with E-state index in [2.05, 4.69) is 77.3 Å². The van der Waals surface area contributed by atoms with Crippen LogP contribution in [0, 0.1) is 6.92 Å². The molecule has 1 aromatic heterocycles. The van der Waals surface area contributed by atoms with Crippen molar-refractivity contribution in [1.29, 1.82) is 0 Å². The molecule has 0 saturated heterocycles. The molecule has 1 unspecified atom stereocenters. The lowest BCUT2D eigenvalue weighted by Crippen LogP contribution is -2.18. The van der Waals surface area contributed by atoms with Crippen molar-refractivity contribution in [2.45, 2.75) is 52.5 Å². The molecule has 0 aliphatic rings. The zero-order chi connectivity index (χ0) is 15.6. The van der Waals surface area contributed by atoms with Gasteiger partial charge in [0, 0.05) is 9.75 Å². The largest absolute Gasteiger partial charge is 0.309 e. The van der Waals surface area contributed by atoms with Crippen molar-refractivity contribution in [3.05, 3.63) is 56.8 Å². The maximum Gasteiger partial charge on any atom is 0.0671 e. The SMILES string of the molecule is CNC(c1ccc(C)s1)c1ccc(C(C)C)cc1C(C)C. The monoisotopic (exact) mass is 301 g/mol. The molecule has 2 rings (SSSR count). The maximum absolute atomic E-state index is 3.50. The Kier molecular flexibility index (Phi) is 5.23. The van der Waals surface area contributed by atoms with Gasteiger partial charge in [-0.3, -0.25) is 0 Å². The fraction of sp³-hybridized carbons (Fsp3) is 0.474. The lowest BCUT2D eigenvalue weighted by atomic mass is 9.88. The fourth-order valence-corrected chi connectivity index (χ4v) is 3.78. The molecule has 0 radical (unpaired) electrons. The molecule has 1 nitrogen and oxygen atoms in total. The third-order valence-electron chi connectivity index (χ3n) is 4.04. The van der Waals surface area contributed by atoms with Crippen molar-refractivity contribution >= 4 is 11.3 Å². The molecule has 0 aliphatic heterocycles. The Balaban J connectivity index is 2.50. The first-order valence-corrected chi connectivity index (χ1v) is 8.63. The molecule has 1 heterocycles. The summed E-state index contributed by atoms with van der Waals surface area (Å²) in [7, 11) is 2.06. The zero-order valence-electron chi connectivity index (χ0n) is 14.0. The Bertz CT molecular complexity index is 595. The first-order valence-electron chi connectivity index (χ1n) is 7.81. The van der Waals surface area contributed by atoms with Gasteiger partial charge in [0.2, 0.25) is 0 Å². The number of thiophene rings is 1. The molecule has 1 aromatic carbocycles. The molecule has 0 fully saturated rings. The van der Waals surface area contributed by atoms with E-state index in [0.717, 1.165) is 0 Å². The summed E-state index contributed by atoms with van der Waals surface area (Å²) in [6.07, 6.45) is 0. The van der Waals surface area contributed by atoms with E-state index in [0.29, 0.717) is 17.9 Å². The quantitative estimate of drug-likeness (QED) is 0.756. The van der Waals surface area contributed by atoms with Gasteiger partial charge in [0.1, 0.15) is 0 Å². The highest BCUT2D eigenvalue weighted by molar-refractivity contribution is 7.12. The third-order valence-corrected chi connectivity index (χ3v) is 5.11. The Labute approximate surface area is 133 Å². The zero-order valence-corrected chi connectivity index (χ0v) is 14.8. The number of aryl methyl sites for hydroxylation is 1. The minimum absolute atomic E-state index is 0.294. The summed E-state index contributed by atoms with van der Waals surface area (Å²) in [6.45, 7) is 11.3. The van der Waals surface area contributed by atoms with Crippen LogP contribution in [0.3, 0.4) is 0 Å². The predicted octanol–water partition coefficient (Wildman–Crippen LogP) is 5.61. The molecular weight excluding hydrogens is 274 g/mol. The fourth-order valence-electron chi connectivity index (χ4n) is 2.77. The van der Waals surface area contributed by atoms with Crippen molar-refractivity contribution in [2.75, 3.05) is 7.05 Å². The van der Waals surface area contributed by atoms with Crippen molar-refractivity contribution in [2.24, 2.45) is 0 Å². The van der Waals surface area contributed by atoms with Crippen LogP contribution in [0.4, 0.5) is 0 Å². The molecule has 2 aromatic rings.